The highest BCUT2D eigenvalue weighted by molar-refractivity contribution is 8.03. The first-order chi connectivity index (χ1) is 5.40. The Bertz CT molecular complexity index is 263. The summed E-state index contributed by atoms with van der Waals surface area (Å²) in [6.07, 6.45) is 9.09. The van der Waals surface area contributed by atoms with Crippen molar-refractivity contribution < 1.29 is 4.79 Å². The molecule has 0 radical (unpaired) electrons. The summed E-state index contributed by atoms with van der Waals surface area (Å²) in [5, 5.41) is 2.57. The molecule has 11 heavy (non-hydrogen) atoms. The van der Waals surface area contributed by atoms with Gasteiger partial charge in [-0.3, -0.25) is 4.79 Å². The molecular formula is C9H8OS. The van der Waals surface area contributed by atoms with Crippen LogP contribution < -0.4 is 0 Å². The van der Waals surface area contributed by atoms with Gasteiger partial charge in [0.05, 0.1) is 0 Å². The summed E-state index contributed by atoms with van der Waals surface area (Å²) in [7, 11) is 0. The average Bonchev–Trinajstić information content (AvgIpc) is 2.50. The van der Waals surface area contributed by atoms with Crippen molar-refractivity contribution in [2.45, 2.75) is 5.25 Å². The van der Waals surface area contributed by atoms with E-state index in [1.807, 2.05) is 12.2 Å². The van der Waals surface area contributed by atoms with Gasteiger partial charge in [-0.2, -0.15) is 0 Å². The molecule has 0 aromatic carbocycles. The highest BCUT2D eigenvalue weighted by Crippen LogP contribution is 2.34. The maximum atomic E-state index is 10.4. The molecule has 0 fully saturated rings. The maximum absolute atomic E-state index is 10.4. The van der Waals surface area contributed by atoms with E-state index in [1.165, 1.54) is 0 Å². The third-order valence-corrected chi connectivity index (χ3v) is 3.00. The first kappa shape index (κ1) is 6.92. The molecule has 2 unspecified atom stereocenters. The fourth-order valence-corrected chi connectivity index (χ4v) is 2.35. The Morgan fingerprint density at radius 3 is 3.18 bits per heavy atom. The second-order valence-electron chi connectivity index (χ2n) is 2.65. The number of fused-ring (bicyclic) bond motifs is 1. The Kier molecular flexibility index (Phi) is 1.70. The zero-order valence-electron chi connectivity index (χ0n) is 5.94. The first-order valence-corrected chi connectivity index (χ1v) is 4.52. The van der Waals surface area contributed by atoms with Gasteiger partial charge in [0.15, 0.2) is 0 Å². The van der Waals surface area contributed by atoms with Crippen LogP contribution in [0.2, 0.25) is 0 Å². The van der Waals surface area contributed by atoms with Crippen molar-refractivity contribution in [2.24, 2.45) is 5.92 Å². The van der Waals surface area contributed by atoms with Gasteiger partial charge in [-0.15, -0.1) is 11.8 Å². The number of allylic oxidation sites excluding steroid dienone is 4. The summed E-state index contributed by atoms with van der Waals surface area (Å²) in [5.74, 6) is 0.517. The quantitative estimate of drug-likeness (QED) is 0.551. The Labute approximate surface area is 69.9 Å². The lowest BCUT2D eigenvalue weighted by Crippen LogP contribution is -2.10. The van der Waals surface area contributed by atoms with Crippen LogP contribution in [-0.4, -0.2) is 11.5 Å². The number of hydrogen-bond donors (Lipinski definition) is 0. The molecule has 1 aliphatic heterocycles. The van der Waals surface area contributed by atoms with Crippen LogP contribution in [0.15, 0.2) is 35.3 Å². The lowest BCUT2D eigenvalue weighted by atomic mass is 9.97. The van der Waals surface area contributed by atoms with Crippen LogP contribution in [0.25, 0.3) is 0 Å². The van der Waals surface area contributed by atoms with Crippen molar-refractivity contribution in [1.29, 1.82) is 0 Å². The van der Waals surface area contributed by atoms with E-state index in [-0.39, 0.29) is 0 Å². The number of aldehydes is 1. The van der Waals surface area contributed by atoms with Gasteiger partial charge in [0.1, 0.15) is 6.29 Å². The molecule has 2 heteroatoms. The van der Waals surface area contributed by atoms with E-state index < -0.39 is 0 Å². The molecule has 0 amide bonds. The van der Waals surface area contributed by atoms with Gasteiger partial charge in [-0.1, -0.05) is 24.3 Å². The van der Waals surface area contributed by atoms with Crippen LogP contribution in [-0.2, 0) is 4.79 Å². The van der Waals surface area contributed by atoms with Crippen LogP contribution in [0.3, 0.4) is 0 Å². The minimum Gasteiger partial charge on any atom is -0.298 e. The Balaban J connectivity index is 2.24. The first-order valence-electron chi connectivity index (χ1n) is 3.57. The van der Waals surface area contributed by atoms with Crippen molar-refractivity contribution in [3.05, 3.63) is 35.3 Å². The summed E-state index contributed by atoms with van der Waals surface area (Å²) in [4.78, 5) is 10.4. The highest BCUT2D eigenvalue weighted by Gasteiger charge is 2.21. The van der Waals surface area contributed by atoms with E-state index in [9.17, 15) is 4.79 Å². The molecule has 0 spiro atoms. The number of rotatable bonds is 1. The Morgan fingerprint density at radius 1 is 1.45 bits per heavy atom. The average molecular weight is 164 g/mol. The van der Waals surface area contributed by atoms with E-state index in [4.69, 9.17) is 0 Å². The summed E-state index contributed by atoms with van der Waals surface area (Å²) >= 11 is 1.78. The van der Waals surface area contributed by atoms with Gasteiger partial charge >= 0.3 is 0 Å². The Morgan fingerprint density at radius 2 is 2.36 bits per heavy atom. The zero-order chi connectivity index (χ0) is 7.68. The summed E-state index contributed by atoms with van der Waals surface area (Å²) in [6.45, 7) is 0. The number of carbonyl (C=O) groups excluding carboxylic acids is 1. The van der Waals surface area contributed by atoms with Gasteiger partial charge in [0, 0.05) is 16.7 Å². The van der Waals surface area contributed by atoms with Gasteiger partial charge in [-0.05, 0) is 5.41 Å². The lowest BCUT2D eigenvalue weighted by molar-refractivity contribution is -0.104. The fourth-order valence-electron chi connectivity index (χ4n) is 1.30. The van der Waals surface area contributed by atoms with Crippen molar-refractivity contribution in [3.8, 4) is 0 Å². The predicted molar refractivity (Wildman–Crippen MR) is 47.3 cm³/mol. The van der Waals surface area contributed by atoms with Crippen LogP contribution in [0.4, 0.5) is 0 Å². The largest absolute Gasteiger partial charge is 0.298 e. The van der Waals surface area contributed by atoms with Gasteiger partial charge in [0.25, 0.3) is 0 Å². The van der Waals surface area contributed by atoms with Gasteiger partial charge < -0.3 is 0 Å². The molecule has 0 aromatic heterocycles. The number of carbonyl (C=O) groups is 1. The highest BCUT2D eigenvalue weighted by atomic mass is 32.2. The molecule has 0 saturated heterocycles. The SMILES string of the molecule is O=CC1=CC2SC=CC2C=C1. The second-order valence-corrected chi connectivity index (χ2v) is 3.74. The molecule has 0 N–H and O–H groups in total. The minimum absolute atomic E-state index is 0.472. The molecule has 2 aliphatic rings. The molecule has 0 aromatic rings. The second kappa shape index (κ2) is 2.70. The molecular weight excluding hydrogens is 156 g/mol. The molecule has 1 nitrogen and oxygen atoms in total. The molecule has 2 atom stereocenters. The van der Waals surface area contributed by atoms with E-state index in [1.54, 1.807) is 11.8 Å². The third kappa shape index (κ3) is 1.18. The monoisotopic (exact) mass is 164 g/mol. The molecule has 2 rings (SSSR count). The zero-order valence-corrected chi connectivity index (χ0v) is 6.75. The lowest BCUT2D eigenvalue weighted by Gasteiger charge is -2.14. The van der Waals surface area contributed by atoms with Crippen molar-refractivity contribution in [1.82, 2.24) is 0 Å². The van der Waals surface area contributed by atoms with Crippen LogP contribution in [0.5, 0.6) is 0 Å². The van der Waals surface area contributed by atoms with Gasteiger partial charge in [-0.25, -0.2) is 0 Å². The van der Waals surface area contributed by atoms with Crippen LogP contribution in [0.1, 0.15) is 0 Å². The summed E-state index contributed by atoms with van der Waals surface area (Å²) in [6, 6.07) is 0. The van der Waals surface area contributed by atoms with Crippen LogP contribution in [0, 0.1) is 5.92 Å². The normalized spacial score (nSPS) is 33.3. The number of hydrogen-bond acceptors (Lipinski definition) is 2. The van der Waals surface area contributed by atoms with Crippen molar-refractivity contribution >= 4 is 18.0 Å². The van der Waals surface area contributed by atoms with Gasteiger partial charge in [0.2, 0.25) is 0 Å². The molecule has 56 valence electrons. The molecule has 0 bridgehead atoms. The van der Waals surface area contributed by atoms with E-state index in [2.05, 4.69) is 17.6 Å². The maximum Gasteiger partial charge on any atom is 0.149 e. The van der Waals surface area contributed by atoms with E-state index in [0.717, 1.165) is 11.9 Å². The third-order valence-electron chi connectivity index (χ3n) is 1.92. The van der Waals surface area contributed by atoms with E-state index >= 15 is 0 Å². The predicted octanol–water partition coefficient (Wildman–Crippen LogP) is 1.93. The minimum atomic E-state index is 0.472. The molecule has 0 saturated carbocycles. The summed E-state index contributed by atoms with van der Waals surface area (Å²) < 4.78 is 0. The standard InChI is InChI=1S/C9H8OS/c10-6-7-1-2-8-3-4-11-9(8)5-7/h1-6,8-9H. The van der Waals surface area contributed by atoms with Crippen LogP contribution >= 0.6 is 11.8 Å². The number of thioether (sulfide) groups is 1. The fraction of sp³-hybridized carbons (Fsp3) is 0.222. The van der Waals surface area contributed by atoms with E-state index in [0.29, 0.717) is 11.2 Å². The smallest absolute Gasteiger partial charge is 0.149 e. The summed E-state index contributed by atoms with van der Waals surface area (Å²) in [5.41, 5.74) is 0.808. The topological polar surface area (TPSA) is 17.1 Å². The molecule has 1 aliphatic carbocycles. The molecule has 1 heterocycles. The Hall–Kier alpha value is -0.760. The van der Waals surface area contributed by atoms with Crippen molar-refractivity contribution in [3.63, 3.8) is 0 Å². The van der Waals surface area contributed by atoms with Crippen molar-refractivity contribution in [2.75, 3.05) is 0 Å².